The lowest BCUT2D eigenvalue weighted by atomic mass is 10.3. The highest BCUT2D eigenvalue weighted by Crippen LogP contribution is 2.68. The van der Waals surface area contributed by atoms with E-state index in [4.69, 9.17) is 0 Å². The van der Waals surface area contributed by atoms with Gasteiger partial charge in [0, 0.05) is 4.91 Å². The molecule has 0 aliphatic carbocycles. The molecule has 0 radical (unpaired) electrons. The van der Waals surface area contributed by atoms with E-state index < -0.39 is 24.1 Å². The summed E-state index contributed by atoms with van der Waals surface area (Å²) in [5.41, 5.74) is 0. The summed E-state index contributed by atoms with van der Waals surface area (Å²) in [5, 5.41) is 0.165. The Bertz CT molecular complexity index is 212. The molecule has 0 heterocycles. The minimum atomic E-state index is -1.36. The zero-order chi connectivity index (χ0) is 13.4. The Kier molecular flexibility index (Phi) is 5.89. The molecule has 98 valence electrons. The highest BCUT2D eigenvalue weighted by atomic mass is 32.1. The Morgan fingerprint density at radius 2 is 1.25 bits per heavy atom. The van der Waals surface area contributed by atoms with Crippen LogP contribution in [-0.4, -0.2) is 26.2 Å². The van der Waals surface area contributed by atoms with Gasteiger partial charge in [-0.05, 0) is 5.16 Å². The van der Waals surface area contributed by atoms with Gasteiger partial charge in [0.05, 0.1) is 24.1 Å². The van der Waals surface area contributed by atoms with Gasteiger partial charge in [0.2, 0.25) is 0 Å². The van der Waals surface area contributed by atoms with E-state index in [1.165, 1.54) is 0 Å². The normalized spacial score (nSPS) is 17.4. The fourth-order valence-electron chi connectivity index (χ4n) is 2.36. The number of hydrogen-bond donors (Lipinski definition) is 0. The zero-order valence-corrected chi connectivity index (χ0v) is 16.3. The molecular weight excluding hydrogens is 269 g/mol. The number of hydrogen-bond acceptors (Lipinski definition) is 0. The van der Waals surface area contributed by atoms with E-state index in [2.05, 4.69) is 60.1 Å². The second-order valence-corrected chi connectivity index (χ2v) is 24.8. The van der Waals surface area contributed by atoms with Crippen LogP contribution in [0.1, 0.15) is 20.8 Å². The topological polar surface area (TPSA) is 0 Å². The molecule has 0 aromatic rings. The summed E-state index contributed by atoms with van der Waals surface area (Å²) in [7, 11) is -3.47. The van der Waals surface area contributed by atoms with Crippen LogP contribution in [0.5, 0.6) is 0 Å². The largest absolute Gasteiger partial charge is 0.223 e. The molecule has 0 aromatic heterocycles. The average molecular weight is 298 g/mol. The SMILES string of the molecule is CC(C)(C)PP(F)C([Si](C)(C)C)[Si](C)(C)C. The van der Waals surface area contributed by atoms with Crippen LogP contribution in [0, 0.1) is 0 Å². The molecule has 0 nitrogen and oxygen atoms in total. The average Bonchev–Trinajstić information content (AvgIpc) is 1.70. The molecule has 0 aromatic carbocycles. The van der Waals surface area contributed by atoms with Gasteiger partial charge < -0.3 is 0 Å². The lowest BCUT2D eigenvalue weighted by molar-refractivity contribution is 0.798. The van der Waals surface area contributed by atoms with Crippen molar-refractivity contribution in [3.63, 3.8) is 0 Å². The summed E-state index contributed by atoms with van der Waals surface area (Å²) in [6.07, 6.45) is 0. The first-order valence-electron chi connectivity index (χ1n) is 5.98. The predicted octanol–water partition coefficient (Wildman–Crippen LogP) is 5.87. The van der Waals surface area contributed by atoms with Crippen LogP contribution in [0.4, 0.5) is 4.20 Å². The molecule has 0 saturated heterocycles. The second-order valence-electron chi connectivity index (χ2n) is 7.81. The number of rotatable bonds is 4. The summed E-state index contributed by atoms with van der Waals surface area (Å²) in [4.78, 5) is 0.451. The van der Waals surface area contributed by atoms with Gasteiger partial charge in [-0.1, -0.05) is 68.3 Å². The monoisotopic (exact) mass is 298 g/mol. The van der Waals surface area contributed by atoms with Gasteiger partial charge >= 0.3 is 0 Å². The molecule has 0 rings (SSSR count). The lowest BCUT2D eigenvalue weighted by Crippen LogP contribution is -2.51. The van der Waals surface area contributed by atoms with E-state index in [1.807, 2.05) is 0 Å². The van der Waals surface area contributed by atoms with Crippen molar-refractivity contribution in [3.8, 4) is 0 Å². The van der Waals surface area contributed by atoms with Gasteiger partial charge in [-0.2, -0.15) is 0 Å². The standard InChI is InChI=1S/C11H29FP2Si2/c1-11(2,3)13-14(12)10(15(4,5)6)16(7,8)9/h10,13H,1-9H3. The van der Waals surface area contributed by atoms with Crippen LogP contribution in [0.2, 0.25) is 39.3 Å². The minimum Gasteiger partial charge on any atom is -0.223 e. The van der Waals surface area contributed by atoms with Gasteiger partial charge in [-0.25, -0.2) is 4.20 Å². The van der Waals surface area contributed by atoms with E-state index in [-0.39, 0.29) is 5.16 Å². The van der Waals surface area contributed by atoms with E-state index in [0.717, 1.165) is 0 Å². The molecule has 0 amide bonds. The summed E-state index contributed by atoms with van der Waals surface area (Å²) in [5.74, 6) is 0. The van der Waals surface area contributed by atoms with E-state index in [1.54, 1.807) is 0 Å². The van der Waals surface area contributed by atoms with Crippen LogP contribution in [-0.2, 0) is 0 Å². The van der Waals surface area contributed by atoms with Crippen molar-refractivity contribution in [1.29, 1.82) is 0 Å². The molecule has 0 aliphatic heterocycles. The van der Waals surface area contributed by atoms with Crippen molar-refractivity contribution in [2.24, 2.45) is 0 Å². The molecule has 0 bridgehead atoms. The third kappa shape index (κ3) is 6.24. The molecule has 2 atom stereocenters. The second kappa shape index (κ2) is 5.47. The van der Waals surface area contributed by atoms with Gasteiger partial charge in [0.25, 0.3) is 0 Å². The van der Waals surface area contributed by atoms with Gasteiger partial charge in [-0.3, -0.25) is 0 Å². The van der Waals surface area contributed by atoms with Crippen LogP contribution in [0.25, 0.3) is 0 Å². The Balaban J connectivity index is 4.94. The Morgan fingerprint density at radius 1 is 0.938 bits per heavy atom. The molecule has 0 saturated carbocycles. The summed E-state index contributed by atoms with van der Waals surface area (Å²) in [6.45, 7) is 20.6. The molecule has 5 heteroatoms. The summed E-state index contributed by atoms with van der Waals surface area (Å²) < 4.78 is 14.7. The van der Waals surface area contributed by atoms with E-state index in [0.29, 0.717) is 13.2 Å². The van der Waals surface area contributed by atoms with Crippen LogP contribution in [0.3, 0.4) is 0 Å². The fourth-order valence-corrected chi connectivity index (χ4v) is 29.4. The highest BCUT2D eigenvalue weighted by molar-refractivity contribution is 8.21. The predicted molar refractivity (Wildman–Crippen MR) is 86.6 cm³/mol. The maximum atomic E-state index is 14.7. The fraction of sp³-hybridized carbons (Fsp3) is 1.00. The van der Waals surface area contributed by atoms with Crippen LogP contribution in [0.15, 0.2) is 0 Å². The number of halogens is 1. The molecule has 0 fully saturated rings. The van der Waals surface area contributed by atoms with Crippen LogP contribution < -0.4 is 0 Å². The maximum absolute atomic E-state index is 14.7. The van der Waals surface area contributed by atoms with Crippen molar-refractivity contribution in [2.45, 2.75) is 70.1 Å². The maximum Gasteiger partial charge on any atom is 0.1000 e. The van der Waals surface area contributed by atoms with E-state index in [9.17, 15) is 4.20 Å². The molecular formula is C11H29FP2Si2. The van der Waals surface area contributed by atoms with E-state index >= 15 is 0 Å². The first-order chi connectivity index (χ1) is 6.75. The Hall–Kier alpha value is 1.22. The molecule has 0 N–H and O–H groups in total. The van der Waals surface area contributed by atoms with Gasteiger partial charge in [0.1, 0.15) is 0 Å². The van der Waals surface area contributed by atoms with Crippen molar-refractivity contribution in [1.82, 2.24) is 0 Å². The summed E-state index contributed by atoms with van der Waals surface area (Å²) >= 11 is 0. The minimum absolute atomic E-state index is 0.165. The summed E-state index contributed by atoms with van der Waals surface area (Å²) in [6, 6.07) is 0. The quantitative estimate of drug-likeness (QED) is 0.450. The van der Waals surface area contributed by atoms with Crippen molar-refractivity contribution in [3.05, 3.63) is 0 Å². The van der Waals surface area contributed by atoms with Crippen LogP contribution >= 0.6 is 16.2 Å². The third-order valence-corrected chi connectivity index (χ3v) is 23.1. The van der Waals surface area contributed by atoms with Crippen molar-refractivity contribution in [2.75, 3.05) is 0 Å². The molecule has 0 spiro atoms. The molecule has 2 unspecified atom stereocenters. The smallest absolute Gasteiger partial charge is 0.1000 e. The lowest BCUT2D eigenvalue weighted by Gasteiger charge is -2.41. The highest BCUT2D eigenvalue weighted by Gasteiger charge is 2.44. The van der Waals surface area contributed by atoms with Crippen molar-refractivity contribution < 1.29 is 4.20 Å². The molecule has 16 heavy (non-hydrogen) atoms. The van der Waals surface area contributed by atoms with Crippen molar-refractivity contribution >= 4 is 32.3 Å². The Labute approximate surface area is 107 Å². The first-order valence-corrected chi connectivity index (χ1v) is 16.3. The van der Waals surface area contributed by atoms with Gasteiger partial charge in [0.15, 0.2) is 0 Å². The first kappa shape index (κ1) is 17.2. The zero-order valence-electron chi connectivity index (χ0n) is 12.4. The molecule has 0 aliphatic rings. The Morgan fingerprint density at radius 3 is 1.44 bits per heavy atom. The third-order valence-electron chi connectivity index (χ3n) is 2.31. The van der Waals surface area contributed by atoms with Gasteiger partial charge in [-0.15, -0.1) is 0 Å².